The number of hydrogen-bond acceptors (Lipinski definition) is 4. The standard InChI is InChI=1S/C19H21N3O2/c1-12-16(11-23)22-10-4-7-15(19(22)20-12)21-18-14-6-3-2-5-13(14)8-9-17(18)24/h2-7,10,17-18,21,23-24H,8-9,11H2,1H3. The first-order chi connectivity index (χ1) is 11.7. The van der Waals surface area contributed by atoms with Crippen LogP contribution in [-0.4, -0.2) is 25.7 Å². The molecule has 0 amide bonds. The van der Waals surface area contributed by atoms with Crippen LogP contribution in [0.4, 0.5) is 5.69 Å². The van der Waals surface area contributed by atoms with Crippen molar-refractivity contribution in [3.8, 4) is 0 Å². The summed E-state index contributed by atoms with van der Waals surface area (Å²) in [6.45, 7) is 1.85. The van der Waals surface area contributed by atoms with E-state index in [9.17, 15) is 10.2 Å². The lowest BCUT2D eigenvalue weighted by molar-refractivity contribution is 0.135. The van der Waals surface area contributed by atoms with Crippen molar-refractivity contribution in [3.63, 3.8) is 0 Å². The van der Waals surface area contributed by atoms with Gasteiger partial charge in [0.25, 0.3) is 0 Å². The third-order valence-corrected chi connectivity index (χ3v) is 4.89. The van der Waals surface area contributed by atoms with Crippen LogP contribution in [0.15, 0.2) is 42.6 Å². The first-order valence-corrected chi connectivity index (χ1v) is 8.29. The van der Waals surface area contributed by atoms with Crippen molar-refractivity contribution in [1.29, 1.82) is 0 Å². The van der Waals surface area contributed by atoms with Gasteiger partial charge in [-0.2, -0.15) is 0 Å². The van der Waals surface area contributed by atoms with Gasteiger partial charge in [-0.1, -0.05) is 24.3 Å². The number of pyridine rings is 1. The van der Waals surface area contributed by atoms with Crippen LogP contribution in [0, 0.1) is 6.92 Å². The number of aryl methyl sites for hydroxylation is 2. The molecule has 4 rings (SSSR count). The van der Waals surface area contributed by atoms with Crippen molar-refractivity contribution in [1.82, 2.24) is 9.38 Å². The first kappa shape index (κ1) is 15.2. The normalized spacial score (nSPS) is 20.1. The molecule has 0 saturated heterocycles. The Hall–Kier alpha value is -2.37. The van der Waals surface area contributed by atoms with E-state index in [4.69, 9.17) is 0 Å². The van der Waals surface area contributed by atoms with E-state index in [1.807, 2.05) is 41.8 Å². The highest BCUT2D eigenvalue weighted by atomic mass is 16.3. The minimum Gasteiger partial charge on any atom is -0.391 e. The Labute approximate surface area is 140 Å². The molecule has 1 aliphatic rings. The van der Waals surface area contributed by atoms with Crippen molar-refractivity contribution < 1.29 is 10.2 Å². The molecular formula is C19H21N3O2. The Balaban J connectivity index is 1.77. The SMILES string of the molecule is Cc1nc2c(NC3c4ccccc4CCC3O)cccn2c1CO. The smallest absolute Gasteiger partial charge is 0.160 e. The molecule has 2 heterocycles. The second-order valence-electron chi connectivity index (χ2n) is 6.34. The minimum atomic E-state index is -0.437. The quantitative estimate of drug-likeness (QED) is 0.693. The van der Waals surface area contributed by atoms with Gasteiger partial charge in [0.1, 0.15) is 0 Å². The third-order valence-electron chi connectivity index (χ3n) is 4.89. The van der Waals surface area contributed by atoms with E-state index in [-0.39, 0.29) is 12.6 Å². The number of aromatic nitrogens is 2. The first-order valence-electron chi connectivity index (χ1n) is 8.29. The number of anilines is 1. The summed E-state index contributed by atoms with van der Waals surface area (Å²) in [5.74, 6) is 0. The molecule has 0 fully saturated rings. The number of hydrogen-bond donors (Lipinski definition) is 3. The molecule has 2 atom stereocenters. The molecule has 0 radical (unpaired) electrons. The summed E-state index contributed by atoms with van der Waals surface area (Å²) in [6, 6.07) is 12.0. The minimum absolute atomic E-state index is 0.0503. The fraction of sp³-hybridized carbons (Fsp3) is 0.316. The van der Waals surface area contributed by atoms with E-state index >= 15 is 0 Å². The fourth-order valence-corrected chi connectivity index (χ4v) is 3.62. The Morgan fingerprint density at radius 2 is 2.08 bits per heavy atom. The summed E-state index contributed by atoms with van der Waals surface area (Å²) in [5.41, 5.74) is 5.66. The zero-order valence-electron chi connectivity index (χ0n) is 13.6. The average Bonchev–Trinajstić information content (AvgIpc) is 2.93. The third kappa shape index (κ3) is 2.37. The van der Waals surface area contributed by atoms with E-state index in [0.717, 1.165) is 41.1 Å². The van der Waals surface area contributed by atoms with Gasteiger partial charge in [-0.05, 0) is 43.0 Å². The van der Waals surface area contributed by atoms with Crippen LogP contribution in [0.5, 0.6) is 0 Å². The summed E-state index contributed by atoms with van der Waals surface area (Å²) in [6.07, 6.45) is 3.11. The summed E-state index contributed by atoms with van der Waals surface area (Å²) < 4.78 is 1.90. The predicted octanol–water partition coefficient (Wildman–Crippen LogP) is 2.60. The highest BCUT2D eigenvalue weighted by Crippen LogP contribution is 2.34. The van der Waals surface area contributed by atoms with Crippen molar-refractivity contribution in [2.24, 2.45) is 0 Å². The van der Waals surface area contributed by atoms with E-state index in [1.165, 1.54) is 5.56 Å². The van der Waals surface area contributed by atoms with E-state index in [2.05, 4.69) is 22.4 Å². The molecule has 24 heavy (non-hydrogen) atoms. The highest BCUT2D eigenvalue weighted by Gasteiger charge is 2.28. The largest absolute Gasteiger partial charge is 0.391 e. The number of aliphatic hydroxyl groups is 2. The summed E-state index contributed by atoms with van der Waals surface area (Å²) >= 11 is 0. The lowest BCUT2D eigenvalue weighted by Gasteiger charge is -2.31. The van der Waals surface area contributed by atoms with Crippen molar-refractivity contribution in [2.45, 2.75) is 38.5 Å². The number of aliphatic hydroxyl groups excluding tert-OH is 2. The van der Waals surface area contributed by atoms with Crippen LogP contribution in [-0.2, 0) is 13.0 Å². The Kier molecular flexibility index (Phi) is 3.75. The van der Waals surface area contributed by atoms with E-state index in [1.54, 1.807) is 0 Å². The number of benzene rings is 1. The zero-order valence-corrected chi connectivity index (χ0v) is 13.6. The zero-order chi connectivity index (χ0) is 16.7. The molecule has 0 spiro atoms. The molecule has 0 bridgehead atoms. The molecule has 1 aliphatic carbocycles. The van der Waals surface area contributed by atoms with E-state index < -0.39 is 6.10 Å². The van der Waals surface area contributed by atoms with Gasteiger partial charge in [-0.15, -0.1) is 0 Å². The van der Waals surface area contributed by atoms with Crippen molar-refractivity contribution in [2.75, 3.05) is 5.32 Å². The maximum atomic E-state index is 10.5. The van der Waals surface area contributed by atoms with Gasteiger partial charge in [-0.25, -0.2) is 4.98 Å². The maximum absolute atomic E-state index is 10.5. The molecule has 0 saturated carbocycles. The fourth-order valence-electron chi connectivity index (χ4n) is 3.62. The van der Waals surface area contributed by atoms with Crippen LogP contribution < -0.4 is 5.32 Å². The monoisotopic (exact) mass is 323 g/mol. The number of nitrogens with one attached hydrogen (secondary N) is 1. The van der Waals surface area contributed by atoms with Gasteiger partial charge in [0.15, 0.2) is 5.65 Å². The molecule has 124 valence electrons. The lowest BCUT2D eigenvalue weighted by atomic mass is 9.85. The molecular weight excluding hydrogens is 302 g/mol. The highest BCUT2D eigenvalue weighted by molar-refractivity contribution is 5.69. The summed E-state index contributed by atoms with van der Waals surface area (Å²) in [7, 11) is 0. The number of imidazole rings is 1. The van der Waals surface area contributed by atoms with Gasteiger partial charge in [0.05, 0.1) is 35.8 Å². The average molecular weight is 323 g/mol. The Bertz CT molecular complexity index is 887. The molecule has 3 N–H and O–H groups in total. The molecule has 5 heteroatoms. The summed E-state index contributed by atoms with van der Waals surface area (Å²) in [4.78, 5) is 4.59. The van der Waals surface area contributed by atoms with Gasteiger partial charge in [0, 0.05) is 6.20 Å². The van der Waals surface area contributed by atoms with Gasteiger partial charge < -0.3 is 15.5 Å². The Morgan fingerprint density at radius 1 is 1.25 bits per heavy atom. The number of rotatable bonds is 3. The predicted molar refractivity (Wildman–Crippen MR) is 93.0 cm³/mol. The van der Waals surface area contributed by atoms with Crippen molar-refractivity contribution in [3.05, 3.63) is 65.1 Å². The van der Waals surface area contributed by atoms with Crippen LogP contribution in [0.3, 0.4) is 0 Å². The van der Waals surface area contributed by atoms with Gasteiger partial charge in [0.2, 0.25) is 0 Å². The molecule has 2 aromatic heterocycles. The van der Waals surface area contributed by atoms with E-state index in [0.29, 0.717) is 0 Å². The van der Waals surface area contributed by atoms with Crippen LogP contribution in [0.25, 0.3) is 5.65 Å². The number of nitrogens with zero attached hydrogens (tertiary/aromatic N) is 2. The van der Waals surface area contributed by atoms with Crippen LogP contribution in [0.1, 0.15) is 35.0 Å². The lowest BCUT2D eigenvalue weighted by Crippen LogP contribution is -2.30. The van der Waals surface area contributed by atoms with Gasteiger partial charge in [-0.3, -0.25) is 4.40 Å². The molecule has 3 aromatic rings. The van der Waals surface area contributed by atoms with Crippen LogP contribution in [0.2, 0.25) is 0 Å². The molecule has 0 aliphatic heterocycles. The van der Waals surface area contributed by atoms with Gasteiger partial charge >= 0.3 is 0 Å². The second-order valence-corrected chi connectivity index (χ2v) is 6.34. The maximum Gasteiger partial charge on any atom is 0.160 e. The molecule has 1 aromatic carbocycles. The Morgan fingerprint density at radius 3 is 2.92 bits per heavy atom. The topological polar surface area (TPSA) is 69.8 Å². The van der Waals surface area contributed by atoms with Crippen molar-refractivity contribution >= 4 is 11.3 Å². The van der Waals surface area contributed by atoms with Crippen LogP contribution >= 0.6 is 0 Å². The number of fused-ring (bicyclic) bond motifs is 2. The molecule has 2 unspecified atom stereocenters. The molecule has 5 nitrogen and oxygen atoms in total. The summed E-state index contributed by atoms with van der Waals surface area (Å²) in [5, 5.41) is 23.6. The second kappa shape index (κ2) is 5.92.